The van der Waals surface area contributed by atoms with Crippen molar-refractivity contribution in [2.24, 2.45) is 5.73 Å². The van der Waals surface area contributed by atoms with E-state index in [1.807, 2.05) is 6.07 Å². The van der Waals surface area contributed by atoms with Gasteiger partial charge in [-0.2, -0.15) is 0 Å². The van der Waals surface area contributed by atoms with Crippen molar-refractivity contribution in [3.8, 4) is 0 Å². The van der Waals surface area contributed by atoms with E-state index in [0.717, 1.165) is 0 Å². The molecule has 60 valence electrons. The maximum absolute atomic E-state index is 8.58. The van der Waals surface area contributed by atoms with Gasteiger partial charge in [-0.25, -0.2) is 0 Å². The van der Waals surface area contributed by atoms with Gasteiger partial charge in [-0.05, 0) is 12.5 Å². The Labute approximate surface area is 66.6 Å². The van der Waals surface area contributed by atoms with E-state index in [-0.39, 0.29) is 0 Å². The third-order valence-electron chi connectivity index (χ3n) is 1.10. The van der Waals surface area contributed by atoms with Crippen LogP contribution in [0, 0.1) is 0 Å². The molecule has 0 spiro atoms. The largest absolute Gasteiger partial charge is 0.488 e. The third-order valence-corrected chi connectivity index (χ3v) is 1.10. The highest BCUT2D eigenvalue weighted by molar-refractivity contribution is 6.58. The summed E-state index contributed by atoms with van der Waals surface area (Å²) in [5.74, 6) is 0. The van der Waals surface area contributed by atoms with E-state index in [4.69, 9.17) is 10.0 Å². The average Bonchev–Trinajstić information content (AvgIpc) is 2.10. The Balaban J connectivity index is 0.000000461. The number of benzene rings is 1. The summed E-state index contributed by atoms with van der Waals surface area (Å²) in [4.78, 5) is 0. The van der Waals surface area contributed by atoms with Crippen LogP contribution in [0.15, 0.2) is 30.3 Å². The molecule has 1 aromatic rings. The molecule has 0 bridgehead atoms. The van der Waals surface area contributed by atoms with Gasteiger partial charge in [-0.3, -0.25) is 0 Å². The molecule has 1 rings (SSSR count). The molecule has 0 heterocycles. The van der Waals surface area contributed by atoms with Gasteiger partial charge in [0.25, 0.3) is 0 Å². The molecule has 4 N–H and O–H groups in total. The highest BCUT2D eigenvalue weighted by Crippen LogP contribution is 1.82. The fourth-order valence-corrected chi connectivity index (χ4v) is 0.625. The van der Waals surface area contributed by atoms with Crippen molar-refractivity contribution in [1.29, 1.82) is 0 Å². The first-order chi connectivity index (χ1) is 5.30. The summed E-state index contributed by atoms with van der Waals surface area (Å²) in [6, 6.07) is 8.66. The van der Waals surface area contributed by atoms with E-state index < -0.39 is 7.12 Å². The van der Waals surface area contributed by atoms with Crippen molar-refractivity contribution in [2.75, 3.05) is 7.05 Å². The molecule has 11 heavy (non-hydrogen) atoms. The molecular formula is C7H12BNO2. The fourth-order valence-electron chi connectivity index (χ4n) is 0.625. The van der Waals surface area contributed by atoms with Crippen LogP contribution in [0.4, 0.5) is 0 Å². The maximum Gasteiger partial charge on any atom is 0.488 e. The molecule has 3 nitrogen and oxygen atoms in total. The van der Waals surface area contributed by atoms with Gasteiger partial charge >= 0.3 is 7.12 Å². The Hall–Kier alpha value is -0.835. The minimum atomic E-state index is -1.34. The van der Waals surface area contributed by atoms with Crippen molar-refractivity contribution in [1.82, 2.24) is 0 Å². The van der Waals surface area contributed by atoms with Crippen LogP contribution in [0.2, 0.25) is 0 Å². The van der Waals surface area contributed by atoms with E-state index in [9.17, 15) is 0 Å². The van der Waals surface area contributed by atoms with Crippen LogP contribution in [0.25, 0.3) is 0 Å². The van der Waals surface area contributed by atoms with Crippen molar-refractivity contribution in [2.45, 2.75) is 0 Å². The Kier molecular flexibility index (Phi) is 5.46. The van der Waals surface area contributed by atoms with Gasteiger partial charge in [0.05, 0.1) is 0 Å². The fraction of sp³-hybridized carbons (Fsp3) is 0.143. The standard InChI is InChI=1S/C6H7BO2.CH5N/c8-7(9)6-4-2-1-3-5-6;1-2/h1-5,8-9H;2H2,1H3. The van der Waals surface area contributed by atoms with E-state index in [0.29, 0.717) is 5.46 Å². The van der Waals surface area contributed by atoms with Gasteiger partial charge in [0.1, 0.15) is 0 Å². The first-order valence-corrected chi connectivity index (χ1v) is 3.29. The smallest absolute Gasteiger partial charge is 0.423 e. The van der Waals surface area contributed by atoms with E-state index in [1.54, 1.807) is 24.3 Å². The first-order valence-electron chi connectivity index (χ1n) is 3.29. The summed E-state index contributed by atoms with van der Waals surface area (Å²) in [5.41, 5.74) is 5.03. The van der Waals surface area contributed by atoms with Crippen molar-refractivity contribution in [3.05, 3.63) is 30.3 Å². The number of rotatable bonds is 1. The minimum absolute atomic E-state index is 0.525. The van der Waals surface area contributed by atoms with Gasteiger partial charge in [-0.15, -0.1) is 0 Å². The van der Waals surface area contributed by atoms with Gasteiger partial charge < -0.3 is 15.8 Å². The lowest BCUT2D eigenvalue weighted by Crippen LogP contribution is -2.29. The lowest BCUT2D eigenvalue weighted by Gasteiger charge is -1.94. The lowest BCUT2D eigenvalue weighted by atomic mass is 9.81. The molecule has 0 unspecified atom stereocenters. The second kappa shape index (κ2) is 5.91. The second-order valence-corrected chi connectivity index (χ2v) is 1.78. The summed E-state index contributed by atoms with van der Waals surface area (Å²) in [6.45, 7) is 0. The molecule has 0 radical (unpaired) electrons. The predicted molar refractivity (Wildman–Crippen MR) is 46.4 cm³/mol. The summed E-state index contributed by atoms with van der Waals surface area (Å²) in [6.07, 6.45) is 0. The van der Waals surface area contributed by atoms with Gasteiger partial charge in [-0.1, -0.05) is 30.3 Å². The minimum Gasteiger partial charge on any atom is -0.423 e. The molecular weight excluding hydrogens is 141 g/mol. The summed E-state index contributed by atoms with van der Waals surface area (Å²) >= 11 is 0. The van der Waals surface area contributed by atoms with Crippen molar-refractivity contribution >= 4 is 12.6 Å². The molecule has 1 aromatic carbocycles. The second-order valence-electron chi connectivity index (χ2n) is 1.78. The quantitative estimate of drug-likeness (QED) is 0.450. The molecule has 0 amide bonds. The Morgan fingerprint density at radius 2 is 1.55 bits per heavy atom. The van der Waals surface area contributed by atoms with Gasteiger partial charge in [0.15, 0.2) is 0 Å². The van der Waals surface area contributed by atoms with E-state index >= 15 is 0 Å². The molecule has 0 aromatic heterocycles. The van der Waals surface area contributed by atoms with Gasteiger partial charge in [0, 0.05) is 0 Å². The predicted octanol–water partition coefficient (Wildman–Crippen LogP) is -1.06. The summed E-state index contributed by atoms with van der Waals surface area (Å²) in [7, 11) is 0.159. The van der Waals surface area contributed by atoms with Gasteiger partial charge in [0.2, 0.25) is 0 Å². The lowest BCUT2D eigenvalue weighted by molar-refractivity contribution is 0.426. The van der Waals surface area contributed by atoms with Crippen molar-refractivity contribution < 1.29 is 10.0 Å². The third kappa shape index (κ3) is 3.77. The van der Waals surface area contributed by atoms with Crippen LogP contribution in [0.3, 0.4) is 0 Å². The molecule has 4 heteroatoms. The normalized spacial score (nSPS) is 8.00. The Morgan fingerprint density at radius 3 is 1.82 bits per heavy atom. The molecule has 0 aliphatic rings. The van der Waals surface area contributed by atoms with E-state index in [1.165, 1.54) is 7.05 Å². The molecule has 0 fully saturated rings. The number of hydrogen-bond donors (Lipinski definition) is 3. The molecule has 0 atom stereocenters. The highest BCUT2D eigenvalue weighted by atomic mass is 16.4. The van der Waals surface area contributed by atoms with Crippen LogP contribution in [0.1, 0.15) is 0 Å². The zero-order valence-corrected chi connectivity index (χ0v) is 6.44. The summed E-state index contributed by atoms with van der Waals surface area (Å²) < 4.78 is 0. The topological polar surface area (TPSA) is 66.5 Å². The van der Waals surface area contributed by atoms with Crippen LogP contribution >= 0.6 is 0 Å². The Bertz CT molecular complexity index is 179. The first kappa shape index (κ1) is 10.2. The highest BCUT2D eigenvalue weighted by Gasteiger charge is 2.07. The van der Waals surface area contributed by atoms with Crippen LogP contribution in [-0.2, 0) is 0 Å². The van der Waals surface area contributed by atoms with Crippen LogP contribution in [-0.4, -0.2) is 24.2 Å². The SMILES string of the molecule is CN.OB(O)c1ccccc1. The van der Waals surface area contributed by atoms with Crippen molar-refractivity contribution in [3.63, 3.8) is 0 Å². The zero-order chi connectivity index (χ0) is 8.69. The van der Waals surface area contributed by atoms with Crippen LogP contribution in [0.5, 0.6) is 0 Å². The molecule has 0 saturated heterocycles. The molecule has 0 saturated carbocycles. The average molecular weight is 153 g/mol. The molecule has 0 aliphatic heterocycles. The zero-order valence-electron chi connectivity index (χ0n) is 6.44. The number of nitrogens with two attached hydrogens (primary N) is 1. The van der Waals surface area contributed by atoms with Crippen LogP contribution < -0.4 is 11.2 Å². The maximum atomic E-state index is 8.58. The number of hydrogen-bond acceptors (Lipinski definition) is 3. The van der Waals surface area contributed by atoms with E-state index in [2.05, 4.69) is 5.73 Å². The Morgan fingerprint density at radius 1 is 1.09 bits per heavy atom. The monoisotopic (exact) mass is 153 g/mol. The molecule has 0 aliphatic carbocycles. The summed E-state index contributed by atoms with van der Waals surface area (Å²) in [5, 5.41) is 17.2.